The van der Waals surface area contributed by atoms with Crippen LogP contribution in [-0.2, 0) is 9.63 Å². The third-order valence-corrected chi connectivity index (χ3v) is 4.21. The summed E-state index contributed by atoms with van der Waals surface area (Å²) in [4.78, 5) is 21.7. The van der Waals surface area contributed by atoms with Crippen LogP contribution in [0.15, 0.2) is 35.6 Å². The molecule has 1 atom stereocenters. The van der Waals surface area contributed by atoms with E-state index in [9.17, 15) is 9.18 Å². The molecule has 0 radical (unpaired) electrons. The highest BCUT2D eigenvalue weighted by molar-refractivity contribution is 14.1. The van der Waals surface area contributed by atoms with Gasteiger partial charge in [-0.05, 0) is 67.1 Å². The largest absolute Gasteiger partial charge is 0.481 e. The Morgan fingerprint density at radius 1 is 1.44 bits per heavy atom. The molecule has 1 heterocycles. The number of aromatic nitrogens is 1. The Kier molecular flexibility index (Phi) is 7.76. The molecular formula is C19H23FIN3O3. The van der Waals surface area contributed by atoms with Crippen molar-refractivity contribution in [1.82, 2.24) is 10.3 Å². The van der Waals surface area contributed by atoms with Crippen LogP contribution in [0, 0.1) is 3.57 Å². The molecule has 0 bridgehead atoms. The first kappa shape index (κ1) is 21.3. The number of halogens is 2. The van der Waals surface area contributed by atoms with Crippen LogP contribution < -0.4 is 10.1 Å². The fraction of sp³-hybridized carbons (Fsp3) is 0.421. The van der Waals surface area contributed by atoms with Crippen molar-refractivity contribution in [3.05, 3.63) is 34.0 Å². The molecule has 8 heteroatoms. The lowest BCUT2D eigenvalue weighted by Gasteiger charge is -2.25. The molecule has 0 saturated carbocycles. The Morgan fingerprint density at radius 2 is 2.22 bits per heavy atom. The van der Waals surface area contributed by atoms with Gasteiger partial charge in [0, 0.05) is 15.2 Å². The van der Waals surface area contributed by atoms with Crippen LogP contribution in [0.1, 0.15) is 27.2 Å². The van der Waals surface area contributed by atoms with Crippen LogP contribution in [0.4, 0.5) is 4.39 Å². The number of pyridine rings is 1. The number of rotatable bonds is 9. The van der Waals surface area contributed by atoms with E-state index >= 15 is 0 Å². The summed E-state index contributed by atoms with van der Waals surface area (Å²) in [5.41, 5.74) is 0.110. The molecule has 0 saturated heterocycles. The first-order chi connectivity index (χ1) is 12.8. The van der Waals surface area contributed by atoms with Gasteiger partial charge >= 0.3 is 0 Å². The van der Waals surface area contributed by atoms with E-state index in [0.717, 1.165) is 14.5 Å². The smallest absolute Gasteiger partial charge is 0.261 e. The van der Waals surface area contributed by atoms with Crippen molar-refractivity contribution in [3.63, 3.8) is 0 Å². The summed E-state index contributed by atoms with van der Waals surface area (Å²) in [5, 5.41) is 7.47. The van der Waals surface area contributed by atoms with Crippen molar-refractivity contribution in [3.8, 4) is 5.75 Å². The standard InChI is InChI=1S/C19H23FIN3O3/c1-4-17(18(25)24-19(2,3)12-23-26-8-7-20)27-15-5-6-16-13(10-15)9-14(21)11-22-16/h5-6,9-12,17H,4,7-8H2,1-3H3,(H,24,25)/b23-12+. The minimum absolute atomic E-state index is 0.114. The van der Waals surface area contributed by atoms with E-state index in [2.05, 4.69) is 38.0 Å². The van der Waals surface area contributed by atoms with Crippen LogP contribution in [0.2, 0.25) is 0 Å². The molecular weight excluding hydrogens is 464 g/mol. The number of alkyl halides is 1. The number of amides is 1. The Bertz CT molecular complexity index is 814. The number of hydrogen-bond acceptors (Lipinski definition) is 5. The van der Waals surface area contributed by atoms with E-state index in [4.69, 9.17) is 9.57 Å². The Hall–Kier alpha value is -1.97. The molecule has 1 aromatic heterocycles. The van der Waals surface area contributed by atoms with Crippen LogP contribution in [0.3, 0.4) is 0 Å². The van der Waals surface area contributed by atoms with Gasteiger partial charge in [0.2, 0.25) is 0 Å². The summed E-state index contributed by atoms with van der Waals surface area (Å²) in [5.74, 6) is 0.339. The molecule has 1 N–H and O–H groups in total. The van der Waals surface area contributed by atoms with Crippen molar-refractivity contribution in [2.24, 2.45) is 5.16 Å². The van der Waals surface area contributed by atoms with Gasteiger partial charge in [0.25, 0.3) is 5.91 Å². The number of carbonyl (C=O) groups is 1. The van der Waals surface area contributed by atoms with Gasteiger partial charge in [0.1, 0.15) is 19.0 Å². The monoisotopic (exact) mass is 487 g/mol. The lowest BCUT2D eigenvalue weighted by molar-refractivity contribution is -0.129. The maximum atomic E-state index is 12.6. The molecule has 0 aliphatic heterocycles. The summed E-state index contributed by atoms with van der Waals surface area (Å²) in [6, 6.07) is 7.55. The lowest BCUT2D eigenvalue weighted by atomic mass is 10.1. The molecule has 0 spiro atoms. The Morgan fingerprint density at radius 3 is 2.93 bits per heavy atom. The number of fused-ring (bicyclic) bond motifs is 1. The fourth-order valence-electron chi connectivity index (χ4n) is 2.33. The second-order valence-electron chi connectivity index (χ2n) is 6.49. The van der Waals surface area contributed by atoms with Crippen LogP contribution >= 0.6 is 22.6 Å². The molecule has 1 aromatic carbocycles. The molecule has 0 aliphatic carbocycles. The van der Waals surface area contributed by atoms with E-state index < -0.39 is 18.3 Å². The molecule has 6 nitrogen and oxygen atoms in total. The predicted molar refractivity (Wildman–Crippen MR) is 112 cm³/mol. The predicted octanol–water partition coefficient (Wildman–Crippen LogP) is 3.86. The molecule has 1 unspecified atom stereocenters. The SMILES string of the molecule is CCC(Oc1ccc2ncc(I)cc2c1)C(=O)NC(C)(C)/C=N/OCCF. The summed E-state index contributed by atoms with van der Waals surface area (Å²) in [6.45, 7) is 4.68. The summed E-state index contributed by atoms with van der Waals surface area (Å²) >= 11 is 2.20. The number of nitrogens with zero attached hydrogens (tertiary/aromatic N) is 2. The van der Waals surface area contributed by atoms with Crippen LogP contribution in [-0.4, -0.2) is 42.0 Å². The second-order valence-corrected chi connectivity index (χ2v) is 7.74. The average Bonchev–Trinajstić information content (AvgIpc) is 2.62. The number of hydrogen-bond donors (Lipinski definition) is 1. The van der Waals surface area contributed by atoms with E-state index in [1.165, 1.54) is 6.21 Å². The second kappa shape index (κ2) is 9.82. The third-order valence-electron chi connectivity index (χ3n) is 3.62. The highest BCUT2D eigenvalue weighted by Crippen LogP contribution is 2.22. The van der Waals surface area contributed by atoms with Gasteiger partial charge in [0.15, 0.2) is 6.10 Å². The Labute approximate surface area is 171 Å². The molecule has 0 fully saturated rings. The molecule has 27 heavy (non-hydrogen) atoms. The number of carbonyl (C=O) groups excluding carboxylic acids is 1. The topological polar surface area (TPSA) is 72.8 Å². The summed E-state index contributed by atoms with van der Waals surface area (Å²) < 4.78 is 18.9. The fourth-order valence-corrected chi connectivity index (χ4v) is 2.80. The number of benzene rings is 1. The lowest BCUT2D eigenvalue weighted by Crippen LogP contribution is -2.50. The van der Waals surface area contributed by atoms with Gasteiger partial charge in [-0.15, -0.1) is 0 Å². The summed E-state index contributed by atoms with van der Waals surface area (Å²) in [7, 11) is 0. The zero-order valence-corrected chi connectivity index (χ0v) is 17.7. The number of oxime groups is 1. The normalized spacial score (nSPS) is 12.9. The molecule has 0 aliphatic rings. The van der Waals surface area contributed by atoms with Crippen molar-refractivity contribution >= 4 is 45.6 Å². The average molecular weight is 487 g/mol. The molecule has 2 aromatic rings. The van der Waals surface area contributed by atoms with E-state index in [0.29, 0.717) is 12.2 Å². The third kappa shape index (κ3) is 6.60. The minimum atomic E-state index is -0.756. The molecule has 146 valence electrons. The quantitative estimate of drug-likeness (QED) is 0.252. The molecule has 1 amide bonds. The van der Waals surface area contributed by atoms with Gasteiger partial charge in [-0.3, -0.25) is 9.78 Å². The highest BCUT2D eigenvalue weighted by Gasteiger charge is 2.25. The van der Waals surface area contributed by atoms with Gasteiger partial charge in [0.05, 0.1) is 17.3 Å². The van der Waals surface area contributed by atoms with Gasteiger partial charge in [-0.25, -0.2) is 4.39 Å². The first-order valence-corrected chi connectivity index (χ1v) is 9.69. The van der Waals surface area contributed by atoms with E-state index in [1.807, 2.05) is 25.1 Å². The van der Waals surface area contributed by atoms with Crippen molar-refractivity contribution in [2.75, 3.05) is 13.3 Å². The van der Waals surface area contributed by atoms with E-state index in [-0.39, 0.29) is 12.5 Å². The maximum absolute atomic E-state index is 12.6. The van der Waals surface area contributed by atoms with Crippen molar-refractivity contribution in [2.45, 2.75) is 38.8 Å². The first-order valence-electron chi connectivity index (χ1n) is 8.61. The van der Waals surface area contributed by atoms with Crippen LogP contribution in [0.5, 0.6) is 5.75 Å². The zero-order valence-electron chi connectivity index (χ0n) is 15.5. The van der Waals surface area contributed by atoms with Gasteiger partial charge < -0.3 is 14.9 Å². The highest BCUT2D eigenvalue weighted by atomic mass is 127. The van der Waals surface area contributed by atoms with Gasteiger partial charge in [-0.1, -0.05) is 12.1 Å². The minimum Gasteiger partial charge on any atom is -0.481 e. The molecule has 2 rings (SSSR count). The van der Waals surface area contributed by atoms with E-state index in [1.54, 1.807) is 26.1 Å². The maximum Gasteiger partial charge on any atom is 0.261 e. The number of nitrogens with one attached hydrogen (secondary N) is 1. The Balaban J connectivity index is 2.05. The van der Waals surface area contributed by atoms with Gasteiger partial charge in [-0.2, -0.15) is 0 Å². The zero-order chi connectivity index (χ0) is 19.9. The summed E-state index contributed by atoms with van der Waals surface area (Å²) in [6.07, 6.45) is 3.07. The van der Waals surface area contributed by atoms with Crippen LogP contribution in [0.25, 0.3) is 10.9 Å². The van der Waals surface area contributed by atoms with Crippen molar-refractivity contribution < 1.29 is 18.8 Å². The number of ether oxygens (including phenoxy) is 1. The van der Waals surface area contributed by atoms with Crippen molar-refractivity contribution in [1.29, 1.82) is 0 Å².